The van der Waals surface area contributed by atoms with Gasteiger partial charge in [-0.1, -0.05) is 48.5 Å². The first-order chi connectivity index (χ1) is 19.1. The number of hydrogen-bond donors (Lipinski definition) is 3. The summed E-state index contributed by atoms with van der Waals surface area (Å²) >= 11 is 0. The van der Waals surface area contributed by atoms with E-state index in [9.17, 15) is 19.3 Å². The van der Waals surface area contributed by atoms with Gasteiger partial charge in [-0.15, -0.1) is 0 Å². The molecular weight excluding hydrogens is 546 g/mol. The molecule has 1 aliphatic heterocycles. The van der Waals surface area contributed by atoms with Crippen molar-refractivity contribution in [3.8, 4) is 5.75 Å². The first-order valence-corrected chi connectivity index (χ1v) is 14.0. The molecule has 3 aromatic rings. The molecule has 3 unspecified atom stereocenters. The summed E-state index contributed by atoms with van der Waals surface area (Å²) in [6, 6.07) is 16.2. The van der Waals surface area contributed by atoms with Crippen LogP contribution in [0.4, 0.5) is 10.2 Å². The van der Waals surface area contributed by atoms with Gasteiger partial charge in [-0.3, -0.25) is 13.9 Å². The molecule has 1 saturated carbocycles. The van der Waals surface area contributed by atoms with Gasteiger partial charge in [-0.05, 0) is 30.7 Å². The maximum atomic E-state index is 15.6. The van der Waals surface area contributed by atoms with Gasteiger partial charge >= 0.3 is 19.4 Å². The van der Waals surface area contributed by atoms with Gasteiger partial charge in [-0.2, -0.15) is 10.1 Å². The third-order valence-corrected chi connectivity index (χ3v) is 8.30. The van der Waals surface area contributed by atoms with E-state index in [1.54, 1.807) is 42.5 Å². The average Bonchev–Trinajstić information content (AvgIpc) is 3.44. The number of rotatable bonds is 11. The highest BCUT2D eigenvalue weighted by Gasteiger charge is 2.79. The zero-order valence-corrected chi connectivity index (χ0v) is 22.2. The number of nitrogens with two attached hydrogens (primary N) is 1. The predicted molar refractivity (Wildman–Crippen MR) is 140 cm³/mol. The van der Waals surface area contributed by atoms with E-state index in [0.717, 1.165) is 10.1 Å². The van der Waals surface area contributed by atoms with Crippen molar-refractivity contribution in [3.63, 3.8) is 0 Å². The predicted octanol–water partition coefficient (Wildman–Crippen LogP) is 2.14. The molecule has 40 heavy (non-hydrogen) atoms. The van der Waals surface area contributed by atoms with Crippen molar-refractivity contribution in [2.24, 2.45) is 0 Å². The lowest BCUT2D eigenvalue weighted by Crippen LogP contribution is -2.40. The lowest BCUT2D eigenvalue weighted by Gasteiger charge is -2.26. The van der Waals surface area contributed by atoms with Crippen LogP contribution in [0.5, 0.6) is 5.75 Å². The van der Waals surface area contributed by atoms with Gasteiger partial charge in [0.15, 0.2) is 5.67 Å². The van der Waals surface area contributed by atoms with Crippen LogP contribution in [-0.2, 0) is 30.0 Å². The second-order valence-electron chi connectivity index (χ2n) is 9.50. The number of fused-ring (bicyclic) bond motifs is 1. The maximum absolute atomic E-state index is 15.6. The van der Waals surface area contributed by atoms with Crippen LogP contribution in [0.3, 0.4) is 0 Å². The van der Waals surface area contributed by atoms with Crippen LogP contribution in [0, 0.1) is 0 Å². The van der Waals surface area contributed by atoms with Crippen molar-refractivity contribution in [2.75, 3.05) is 12.3 Å². The highest BCUT2D eigenvalue weighted by atomic mass is 31.2. The number of aromatic nitrogens is 2. The molecule has 0 radical (unpaired) electrons. The van der Waals surface area contributed by atoms with E-state index < -0.39 is 62.1 Å². The number of anilines is 1. The zero-order valence-electron chi connectivity index (χ0n) is 21.3. The smallest absolute Gasteiger partial charge is 0.459 e. The number of carbonyl (C=O) groups is 1. The Labute approximate surface area is 228 Å². The Kier molecular flexibility index (Phi) is 7.76. The number of para-hydroxylation sites is 1. The Hall–Kier alpha value is -3.61. The average molecular weight is 575 g/mol. The molecular formula is C26H28FN4O8P. The molecule has 2 aromatic carbocycles. The third kappa shape index (κ3) is 5.65. The number of esters is 1. The summed E-state index contributed by atoms with van der Waals surface area (Å²) in [7, 11) is -4.28. The van der Waals surface area contributed by atoms with Crippen molar-refractivity contribution in [1.82, 2.24) is 14.6 Å². The maximum Gasteiger partial charge on any atom is 0.459 e. The standard InChI is InChI=1S/C26H28FN4O8P/c1-16(24(33)36-14-17-8-4-2-5-9-17)30-40(35,39-18-10-6-3-7-11-18)37-15-19-22(32)26(27)21(23(26)38-19)31-13-12-20(28)29-25(31)34/h2-13,16,19,21-23,32H,14-15H2,1H3,(H,30,35)(H2,28,29,34)/t16-,19+,21+,22?,23?,26+,40?/m0/s1. The number of benzene rings is 2. The van der Waals surface area contributed by atoms with Gasteiger partial charge in [0.2, 0.25) is 0 Å². The first kappa shape index (κ1) is 27.9. The van der Waals surface area contributed by atoms with Gasteiger partial charge < -0.3 is 24.8 Å². The molecule has 5 rings (SSSR count). The molecule has 2 fully saturated rings. The molecule has 12 nitrogen and oxygen atoms in total. The lowest BCUT2D eigenvalue weighted by molar-refractivity contribution is -0.146. The van der Waals surface area contributed by atoms with Crippen LogP contribution < -0.4 is 21.0 Å². The van der Waals surface area contributed by atoms with Gasteiger partial charge in [0.1, 0.15) is 48.6 Å². The van der Waals surface area contributed by atoms with E-state index in [-0.39, 0.29) is 18.2 Å². The molecule has 212 valence electrons. The minimum Gasteiger partial charge on any atom is -0.460 e. The number of ether oxygens (including phenoxy) is 2. The number of alkyl halides is 1. The van der Waals surface area contributed by atoms with Crippen molar-refractivity contribution in [1.29, 1.82) is 0 Å². The Bertz CT molecular complexity index is 1460. The fourth-order valence-electron chi connectivity index (χ4n) is 4.55. The van der Waals surface area contributed by atoms with Crippen LogP contribution in [0.1, 0.15) is 18.5 Å². The van der Waals surface area contributed by atoms with Crippen LogP contribution in [0.2, 0.25) is 0 Å². The SMILES string of the molecule is C[C@H](NP(=O)(OC[C@H]1OC2[C@@H](n3ccc(N)nc3=O)[C@@]2(F)C1O)Oc1ccccc1)C(=O)OCc1ccccc1. The molecule has 14 heteroatoms. The van der Waals surface area contributed by atoms with Gasteiger partial charge in [-0.25, -0.2) is 13.8 Å². The van der Waals surface area contributed by atoms with Gasteiger partial charge in [0, 0.05) is 6.20 Å². The van der Waals surface area contributed by atoms with E-state index in [2.05, 4.69) is 10.1 Å². The van der Waals surface area contributed by atoms with Crippen LogP contribution in [0.15, 0.2) is 77.7 Å². The summed E-state index contributed by atoms with van der Waals surface area (Å²) in [5, 5.41) is 13.2. The summed E-state index contributed by atoms with van der Waals surface area (Å²) in [6.45, 7) is 0.882. The summed E-state index contributed by atoms with van der Waals surface area (Å²) in [5.41, 5.74) is 3.19. The normalized spacial score (nSPS) is 27.3. The fraction of sp³-hybridized carbons (Fsp3) is 0.346. The minimum absolute atomic E-state index is 0.00620. The van der Waals surface area contributed by atoms with Crippen molar-refractivity contribution in [3.05, 3.63) is 89.0 Å². The number of halogens is 1. The first-order valence-electron chi connectivity index (χ1n) is 12.5. The van der Waals surface area contributed by atoms with Crippen LogP contribution >= 0.6 is 7.75 Å². The summed E-state index contributed by atoms with van der Waals surface area (Å²) < 4.78 is 52.4. The summed E-state index contributed by atoms with van der Waals surface area (Å²) in [4.78, 5) is 28.3. The van der Waals surface area contributed by atoms with E-state index in [1.807, 2.05) is 6.07 Å². The molecule has 1 saturated heterocycles. The van der Waals surface area contributed by atoms with Gasteiger partial charge in [0.25, 0.3) is 0 Å². The number of carbonyl (C=O) groups excluding carboxylic acids is 1. The van der Waals surface area contributed by atoms with E-state index in [1.165, 1.54) is 31.3 Å². The minimum atomic E-state index is -4.28. The highest BCUT2D eigenvalue weighted by molar-refractivity contribution is 7.52. The van der Waals surface area contributed by atoms with Crippen LogP contribution in [-0.4, -0.2) is 57.3 Å². The monoisotopic (exact) mass is 574 g/mol. The Morgan fingerprint density at radius 1 is 1.23 bits per heavy atom. The molecule has 1 aromatic heterocycles. The molecule has 0 amide bonds. The number of nitrogen functional groups attached to an aromatic ring is 1. The quantitative estimate of drug-likeness (QED) is 0.227. The molecule has 4 N–H and O–H groups in total. The molecule has 7 atom stereocenters. The number of aliphatic hydroxyl groups excluding tert-OH is 1. The number of aliphatic hydroxyl groups is 1. The number of nitrogens with one attached hydrogen (secondary N) is 1. The van der Waals surface area contributed by atoms with Crippen LogP contribution in [0.25, 0.3) is 0 Å². The molecule has 0 spiro atoms. The molecule has 2 heterocycles. The molecule has 1 aliphatic carbocycles. The third-order valence-electron chi connectivity index (χ3n) is 6.65. The lowest BCUT2D eigenvalue weighted by atomic mass is 10.1. The van der Waals surface area contributed by atoms with Crippen molar-refractivity contribution in [2.45, 2.75) is 49.6 Å². The fourth-order valence-corrected chi connectivity index (χ4v) is 6.05. The Morgan fingerprint density at radius 3 is 2.52 bits per heavy atom. The summed E-state index contributed by atoms with van der Waals surface area (Å²) in [6.07, 6.45) is -2.84. The second kappa shape index (κ2) is 11.1. The largest absolute Gasteiger partial charge is 0.460 e. The van der Waals surface area contributed by atoms with E-state index in [4.69, 9.17) is 24.3 Å². The highest BCUT2D eigenvalue weighted by Crippen LogP contribution is 2.61. The van der Waals surface area contributed by atoms with E-state index >= 15 is 4.39 Å². The van der Waals surface area contributed by atoms with E-state index in [0.29, 0.717) is 0 Å². The zero-order chi connectivity index (χ0) is 28.5. The number of hydrogen-bond acceptors (Lipinski definition) is 10. The van der Waals surface area contributed by atoms with Crippen molar-refractivity contribution >= 4 is 19.5 Å². The number of nitrogens with zero attached hydrogens (tertiary/aromatic N) is 2. The molecule has 2 aliphatic rings. The Balaban J connectivity index is 1.24. The van der Waals surface area contributed by atoms with Crippen molar-refractivity contribution < 1.29 is 37.4 Å². The topological polar surface area (TPSA) is 164 Å². The van der Waals surface area contributed by atoms with Gasteiger partial charge in [0.05, 0.1) is 6.61 Å². The molecule has 0 bridgehead atoms. The second-order valence-corrected chi connectivity index (χ2v) is 11.2. The Morgan fingerprint density at radius 2 is 1.90 bits per heavy atom. The summed E-state index contributed by atoms with van der Waals surface area (Å²) in [5.74, 6) is -0.556.